The SMILES string of the molecule is O=C(CN1CCC(NC(=O)CCCOc2ccccc2)CC1)Nc1ccccc1. The number of nitrogens with zero attached hydrogens (tertiary/aromatic N) is 1. The van der Waals surface area contributed by atoms with Gasteiger partial charge in [0.25, 0.3) is 0 Å². The van der Waals surface area contributed by atoms with Crippen LogP contribution in [0.3, 0.4) is 0 Å². The van der Waals surface area contributed by atoms with Gasteiger partial charge in [0.2, 0.25) is 11.8 Å². The van der Waals surface area contributed by atoms with Gasteiger partial charge >= 0.3 is 0 Å². The Morgan fingerprint density at radius 3 is 2.28 bits per heavy atom. The number of hydrogen-bond donors (Lipinski definition) is 2. The van der Waals surface area contributed by atoms with Gasteiger partial charge in [0.15, 0.2) is 0 Å². The zero-order chi connectivity index (χ0) is 20.3. The first-order valence-electron chi connectivity index (χ1n) is 10.2. The molecular formula is C23H29N3O3. The Morgan fingerprint density at radius 1 is 0.931 bits per heavy atom. The number of anilines is 1. The quantitative estimate of drug-likeness (QED) is 0.640. The fourth-order valence-electron chi connectivity index (χ4n) is 3.40. The molecule has 0 aliphatic carbocycles. The van der Waals surface area contributed by atoms with Crippen molar-refractivity contribution in [2.24, 2.45) is 0 Å². The molecule has 2 N–H and O–H groups in total. The smallest absolute Gasteiger partial charge is 0.238 e. The van der Waals surface area contributed by atoms with Gasteiger partial charge in [0.1, 0.15) is 5.75 Å². The van der Waals surface area contributed by atoms with Crippen molar-refractivity contribution in [1.82, 2.24) is 10.2 Å². The van der Waals surface area contributed by atoms with Gasteiger partial charge < -0.3 is 15.4 Å². The Balaban J connectivity index is 1.27. The van der Waals surface area contributed by atoms with E-state index in [0.29, 0.717) is 26.0 Å². The van der Waals surface area contributed by atoms with Crippen molar-refractivity contribution in [2.75, 3.05) is 31.6 Å². The number of piperidine rings is 1. The Morgan fingerprint density at radius 2 is 1.59 bits per heavy atom. The van der Waals surface area contributed by atoms with Gasteiger partial charge in [-0.3, -0.25) is 14.5 Å². The maximum Gasteiger partial charge on any atom is 0.238 e. The van der Waals surface area contributed by atoms with Crippen LogP contribution in [0.5, 0.6) is 5.75 Å². The molecule has 1 fully saturated rings. The monoisotopic (exact) mass is 395 g/mol. The van der Waals surface area contributed by atoms with Crippen LogP contribution in [0.2, 0.25) is 0 Å². The minimum absolute atomic E-state index is 0.00268. The molecule has 29 heavy (non-hydrogen) atoms. The molecule has 1 saturated heterocycles. The first-order chi connectivity index (χ1) is 14.2. The van der Waals surface area contributed by atoms with Crippen LogP contribution in [0, 0.1) is 0 Å². The lowest BCUT2D eigenvalue weighted by Crippen LogP contribution is -2.46. The summed E-state index contributed by atoms with van der Waals surface area (Å²) >= 11 is 0. The maximum atomic E-state index is 12.2. The second kappa shape index (κ2) is 11.2. The van der Waals surface area contributed by atoms with Crippen molar-refractivity contribution in [3.8, 4) is 5.75 Å². The third kappa shape index (κ3) is 7.58. The van der Waals surface area contributed by atoms with Crippen molar-refractivity contribution >= 4 is 17.5 Å². The van der Waals surface area contributed by atoms with Crippen molar-refractivity contribution in [3.05, 3.63) is 60.7 Å². The van der Waals surface area contributed by atoms with E-state index in [0.717, 1.165) is 37.4 Å². The van der Waals surface area contributed by atoms with E-state index in [4.69, 9.17) is 4.74 Å². The van der Waals surface area contributed by atoms with Crippen LogP contribution >= 0.6 is 0 Å². The van der Waals surface area contributed by atoms with E-state index in [1.54, 1.807) is 0 Å². The summed E-state index contributed by atoms with van der Waals surface area (Å²) in [5.41, 5.74) is 0.816. The zero-order valence-corrected chi connectivity index (χ0v) is 16.7. The summed E-state index contributed by atoms with van der Waals surface area (Å²) in [6, 6.07) is 19.3. The highest BCUT2D eigenvalue weighted by molar-refractivity contribution is 5.92. The standard InChI is InChI=1S/C23H29N3O3/c27-22(12-7-17-29-21-10-5-2-6-11-21)24-20-13-15-26(16-14-20)18-23(28)25-19-8-3-1-4-9-19/h1-6,8-11,20H,7,12-18H2,(H,24,27)(H,25,28). The molecular weight excluding hydrogens is 366 g/mol. The minimum atomic E-state index is -0.00268. The number of rotatable bonds is 9. The lowest BCUT2D eigenvalue weighted by atomic mass is 10.0. The predicted molar refractivity (Wildman–Crippen MR) is 114 cm³/mol. The van der Waals surface area contributed by atoms with Crippen LogP contribution in [0.15, 0.2) is 60.7 Å². The molecule has 0 saturated carbocycles. The number of nitrogens with one attached hydrogen (secondary N) is 2. The topological polar surface area (TPSA) is 70.7 Å². The molecule has 6 heteroatoms. The third-order valence-electron chi connectivity index (χ3n) is 4.94. The molecule has 0 spiro atoms. The van der Waals surface area contributed by atoms with E-state index in [-0.39, 0.29) is 17.9 Å². The first-order valence-corrected chi connectivity index (χ1v) is 10.2. The molecule has 1 aliphatic rings. The number of benzene rings is 2. The van der Waals surface area contributed by atoms with Gasteiger partial charge in [0.05, 0.1) is 13.2 Å². The minimum Gasteiger partial charge on any atom is -0.494 e. The van der Waals surface area contributed by atoms with E-state index in [1.807, 2.05) is 60.7 Å². The predicted octanol–water partition coefficient (Wildman–Crippen LogP) is 3.06. The number of likely N-dealkylation sites (tertiary alicyclic amines) is 1. The molecule has 0 unspecified atom stereocenters. The first kappa shape index (κ1) is 20.9. The van der Waals surface area contributed by atoms with E-state index in [2.05, 4.69) is 15.5 Å². The Bertz CT molecular complexity index is 759. The molecule has 2 amide bonds. The summed E-state index contributed by atoms with van der Waals surface area (Å²) in [6.45, 7) is 2.54. The molecule has 3 rings (SSSR count). The molecule has 0 aromatic heterocycles. The van der Waals surface area contributed by atoms with Gasteiger partial charge in [-0.05, 0) is 43.5 Å². The summed E-state index contributed by atoms with van der Waals surface area (Å²) in [6.07, 6.45) is 2.89. The lowest BCUT2D eigenvalue weighted by molar-refractivity contribution is -0.123. The molecule has 2 aromatic rings. The highest BCUT2D eigenvalue weighted by Crippen LogP contribution is 2.12. The van der Waals surface area contributed by atoms with Crippen LogP contribution < -0.4 is 15.4 Å². The van der Waals surface area contributed by atoms with Crippen LogP contribution in [-0.2, 0) is 9.59 Å². The summed E-state index contributed by atoms with van der Waals surface area (Å²) in [5.74, 6) is 0.899. The number of carbonyl (C=O) groups excluding carboxylic acids is 2. The van der Waals surface area contributed by atoms with Gasteiger partial charge in [-0.25, -0.2) is 0 Å². The fourth-order valence-corrected chi connectivity index (χ4v) is 3.40. The number of ether oxygens (including phenoxy) is 1. The molecule has 0 radical (unpaired) electrons. The Kier molecular flexibility index (Phi) is 8.07. The van der Waals surface area contributed by atoms with Crippen LogP contribution in [-0.4, -0.2) is 49.0 Å². The number of hydrogen-bond acceptors (Lipinski definition) is 4. The highest BCUT2D eigenvalue weighted by atomic mass is 16.5. The van der Waals surface area contributed by atoms with Crippen molar-refractivity contribution in [2.45, 2.75) is 31.7 Å². The van der Waals surface area contributed by atoms with E-state index in [1.165, 1.54) is 0 Å². The fraction of sp³-hybridized carbons (Fsp3) is 0.391. The molecule has 1 heterocycles. The molecule has 0 atom stereocenters. The summed E-state index contributed by atoms with van der Waals surface area (Å²) in [7, 11) is 0. The molecule has 0 bridgehead atoms. The van der Waals surface area contributed by atoms with Gasteiger partial charge in [-0.1, -0.05) is 36.4 Å². The normalized spacial score (nSPS) is 14.9. The Labute approximate surface area is 172 Å². The summed E-state index contributed by atoms with van der Waals surface area (Å²) < 4.78 is 5.62. The van der Waals surface area contributed by atoms with Crippen molar-refractivity contribution < 1.29 is 14.3 Å². The largest absolute Gasteiger partial charge is 0.494 e. The van der Waals surface area contributed by atoms with Crippen LogP contribution in [0.1, 0.15) is 25.7 Å². The average Bonchev–Trinajstić information content (AvgIpc) is 2.74. The number of para-hydroxylation sites is 2. The lowest BCUT2D eigenvalue weighted by Gasteiger charge is -2.31. The average molecular weight is 396 g/mol. The van der Waals surface area contributed by atoms with Gasteiger partial charge in [0, 0.05) is 31.2 Å². The second-order valence-electron chi connectivity index (χ2n) is 7.30. The van der Waals surface area contributed by atoms with E-state index in [9.17, 15) is 9.59 Å². The maximum absolute atomic E-state index is 12.2. The highest BCUT2D eigenvalue weighted by Gasteiger charge is 2.22. The zero-order valence-electron chi connectivity index (χ0n) is 16.7. The van der Waals surface area contributed by atoms with Crippen LogP contribution in [0.25, 0.3) is 0 Å². The molecule has 154 valence electrons. The second-order valence-corrected chi connectivity index (χ2v) is 7.30. The summed E-state index contributed by atoms with van der Waals surface area (Å²) in [4.78, 5) is 26.4. The molecule has 2 aromatic carbocycles. The number of amides is 2. The van der Waals surface area contributed by atoms with E-state index < -0.39 is 0 Å². The van der Waals surface area contributed by atoms with E-state index >= 15 is 0 Å². The molecule has 1 aliphatic heterocycles. The van der Waals surface area contributed by atoms with Gasteiger partial charge in [-0.2, -0.15) is 0 Å². The summed E-state index contributed by atoms with van der Waals surface area (Å²) in [5, 5.41) is 6.02. The van der Waals surface area contributed by atoms with Crippen molar-refractivity contribution in [3.63, 3.8) is 0 Å². The van der Waals surface area contributed by atoms with Crippen LogP contribution in [0.4, 0.5) is 5.69 Å². The number of carbonyl (C=O) groups is 2. The van der Waals surface area contributed by atoms with Gasteiger partial charge in [-0.15, -0.1) is 0 Å². The third-order valence-corrected chi connectivity index (χ3v) is 4.94. The molecule has 6 nitrogen and oxygen atoms in total. The Hall–Kier alpha value is -2.86. The van der Waals surface area contributed by atoms with Crippen molar-refractivity contribution in [1.29, 1.82) is 0 Å².